The molecule has 0 saturated heterocycles. The average molecular weight is 319 g/mol. The normalized spacial score (nSPS) is 14.4. The van der Waals surface area contributed by atoms with Gasteiger partial charge in [0.25, 0.3) is 0 Å². The Morgan fingerprint density at radius 3 is 2.53 bits per heavy atom. The van der Waals surface area contributed by atoms with Crippen molar-refractivity contribution in [3.63, 3.8) is 0 Å². The fourth-order valence-corrected chi connectivity index (χ4v) is 2.65. The maximum absolute atomic E-state index is 9.22. The third kappa shape index (κ3) is 6.79. The summed E-state index contributed by atoms with van der Waals surface area (Å²) >= 11 is 0. The third-order valence-corrected chi connectivity index (χ3v) is 4.08. The highest BCUT2D eigenvalue weighted by Crippen LogP contribution is 2.33. The van der Waals surface area contributed by atoms with Crippen LogP contribution in [-0.2, 0) is 21.6 Å². The fraction of sp³-hybridized carbons (Fsp3) is 0.182. The maximum atomic E-state index is 9.22. The Labute approximate surface area is 120 Å². The van der Waals surface area contributed by atoms with Gasteiger partial charge in [-0.15, -0.1) is 0 Å². The Hall–Kier alpha value is -0.800. The molecular formula is C11H13NO4S3. The molecule has 0 N–H and O–H groups in total. The second-order valence-electron chi connectivity index (χ2n) is 3.40. The van der Waals surface area contributed by atoms with Crippen molar-refractivity contribution in [2.75, 3.05) is 7.11 Å². The molecule has 104 valence electrons. The van der Waals surface area contributed by atoms with Crippen LogP contribution in [0.25, 0.3) is 5.57 Å². The molecule has 8 heteroatoms. The molecule has 0 amide bonds. The Morgan fingerprint density at radius 1 is 1.37 bits per heavy atom. The lowest BCUT2D eigenvalue weighted by atomic mass is 10.1. The molecule has 2 heterocycles. The van der Waals surface area contributed by atoms with Crippen molar-refractivity contribution in [3.05, 3.63) is 47.0 Å². The summed E-state index contributed by atoms with van der Waals surface area (Å²) in [5.41, 5.74) is 2.56. The summed E-state index contributed by atoms with van der Waals surface area (Å²) in [5, 5.41) is 4.30. The summed E-state index contributed by atoms with van der Waals surface area (Å²) in [5.74, 6) is 0. The van der Waals surface area contributed by atoms with Gasteiger partial charge in [0.05, 0.1) is 7.11 Å². The second-order valence-corrected chi connectivity index (χ2v) is 6.60. The Kier molecular flexibility index (Phi) is 6.59. The highest BCUT2D eigenvalue weighted by molar-refractivity contribution is 8.79. The zero-order valence-corrected chi connectivity index (χ0v) is 12.8. The van der Waals surface area contributed by atoms with Crippen molar-refractivity contribution >= 4 is 37.6 Å². The number of rotatable bonds is 2. The van der Waals surface area contributed by atoms with Crippen molar-refractivity contribution in [3.8, 4) is 0 Å². The minimum Gasteiger partial charge on any atom is -0.726 e. The lowest BCUT2D eigenvalue weighted by molar-refractivity contribution is -0.671. The summed E-state index contributed by atoms with van der Waals surface area (Å²) in [6.07, 6.45) is 6.32. The van der Waals surface area contributed by atoms with Crippen LogP contribution in [0.1, 0.15) is 5.56 Å². The van der Waals surface area contributed by atoms with Crippen molar-refractivity contribution in [1.29, 1.82) is 0 Å². The third-order valence-electron chi connectivity index (χ3n) is 2.01. The van der Waals surface area contributed by atoms with E-state index < -0.39 is 10.4 Å². The average Bonchev–Trinajstić information content (AvgIpc) is 2.40. The van der Waals surface area contributed by atoms with Crippen molar-refractivity contribution in [1.82, 2.24) is 0 Å². The number of aromatic nitrogens is 1. The fourth-order valence-electron chi connectivity index (χ4n) is 1.17. The van der Waals surface area contributed by atoms with Gasteiger partial charge in [0.1, 0.15) is 7.05 Å². The molecule has 5 nitrogen and oxygen atoms in total. The van der Waals surface area contributed by atoms with Crippen molar-refractivity contribution in [2.24, 2.45) is 7.05 Å². The van der Waals surface area contributed by atoms with Crippen LogP contribution >= 0.6 is 21.6 Å². The number of hydrogen-bond acceptors (Lipinski definition) is 6. The van der Waals surface area contributed by atoms with E-state index in [1.807, 2.05) is 13.2 Å². The van der Waals surface area contributed by atoms with Crippen LogP contribution in [0.2, 0.25) is 0 Å². The quantitative estimate of drug-likeness (QED) is 0.359. The van der Waals surface area contributed by atoms with Crippen LogP contribution in [0, 0.1) is 0 Å². The van der Waals surface area contributed by atoms with Gasteiger partial charge in [-0.2, -0.15) is 0 Å². The number of hydrogen-bond donors (Lipinski definition) is 0. The first kappa shape index (κ1) is 16.3. The van der Waals surface area contributed by atoms with E-state index in [0.29, 0.717) is 0 Å². The Balaban J connectivity index is 0.000000258. The molecule has 0 spiro atoms. The van der Waals surface area contributed by atoms with E-state index in [9.17, 15) is 13.0 Å². The molecule has 1 aliphatic rings. The summed E-state index contributed by atoms with van der Waals surface area (Å²) < 4.78 is 33.1. The molecule has 1 aromatic heterocycles. The molecule has 0 unspecified atom stereocenters. The van der Waals surface area contributed by atoms with E-state index in [4.69, 9.17) is 0 Å². The predicted molar refractivity (Wildman–Crippen MR) is 76.6 cm³/mol. The molecule has 0 bridgehead atoms. The second kappa shape index (κ2) is 7.71. The van der Waals surface area contributed by atoms with Crippen molar-refractivity contribution < 1.29 is 21.7 Å². The van der Waals surface area contributed by atoms with E-state index in [-0.39, 0.29) is 0 Å². The Bertz CT molecular complexity index is 581. The van der Waals surface area contributed by atoms with Crippen molar-refractivity contribution in [2.45, 2.75) is 0 Å². The van der Waals surface area contributed by atoms with Crippen LogP contribution in [0.3, 0.4) is 0 Å². The van der Waals surface area contributed by atoms with Gasteiger partial charge in [0.2, 0.25) is 10.4 Å². The molecule has 0 fully saturated rings. The molecule has 0 atom stereocenters. The van der Waals surface area contributed by atoms with Gasteiger partial charge >= 0.3 is 0 Å². The summed E-state index contributed by atoms with van der Waals surface area (Å²) in [4.78, 5) is 0. The van der Waals surface area contributed by atoms with Crippen LogP contribution in [-0.4, -0.2) is 20.1 Å². The van der Waals surface area contributed by atoms with Crippen LogP contribution in [0.4, 0.5) is 0 Å². The van der Waals surface area contributed by atoms with Crippen LogP contribution < -0.4 is 4.57 Å². The first-order valence-corrected chi connectivity index (χ1v) is 8.69. The largest absolute Gasteiger partial charge is 0.726 e. The van der Waals surface area contributed by atoms with Gasteiger partial charge in [-0.25, -0.2) is 13.0 Å². The number of nitrogens with zero attached hydrogens (tertiary/aromatic N) is 1. The van der Waals surface area contributed by atoms with E-state index in [1.54, 1.807) is 21.6 Å². The Morgan fingerprint density at radius 2 is 2.05 bits per heavy atom. The molecule has 1 aliphatic heterocycles. The minimum absolute atomic E-state index is 0.808. The number of allylic oxidation sites excluding steroid dienone is 2. The molecule has 0 aromatic carbocycles. The zero-order chi connectivity index (χ0) is 14.3. The minimum atomic E-state index is -4.41. The van der Waals surface area contributed by atoms with E-state index in [2.05, 4.69) is 44.0 Å². The molecule has 0 radical (unpaired) electrons. The lowest BCUT2D eigenvalue weighted by Gasteiger charge is -2.03. The van der Waals surface area contributed by atoms with Gasteiger partial charge in [0.15, 0.2) is 12.4 Å². The standard InChI is InChI=1S/C10H10NS2.CH4O4S/c1-11-5-2-3-9(7-11)10-4-6-12-13-8-10;1-5-6(2,3)4/h2-8H,1H3;1H3,(H,2,3,4)/q+1;/p-1. The summed E-state index contributed by atoms with van der Waals surface area (Å²) in [6.45, 7) is 0. The number of pyridine rings is 1. The maximum Gasteiger partial charge on any atom is 0.217 e. The number of aryl methyl sites for hydroxylation is 1. The summed E-state index contributed by atoms with van der Waals surface area (Å²) in [6, 6.07) is 4.20. The highest BCUT2D eigenvalue weighted by Gasteiger charge is 2.04. The van der Waals surface area contributed by atoms with Gasteiger partial charge in [-0.1, -0.05) is 21.6 Å². The van der Waals surface area contributed by atoms with E-state index >= 15 is 0 Å². The molecule has 1 aromatic rings. The SMILES string of the molecule is COS(=O)(=O)[O-].C[n+]1cccc(C2=CSSC=C2)c1. The lowest BCUT2D eigenvalue weighted by Crippen LogP contribution is -2.26. The smallest absolute Gasteiger partial charge is 0.217 e. The van der Waals surface area contributed by atoms with E-state index in [1.165, 1.54) is 11.1 Å². The monoisotopic (exact) mass is 319 g/mol. The summed E-state index contributed by atoms with van der Waals surface area (Å²) in [7, 11) is 1.95. The topological polar surface area (TPSA) is 70.3 Å². The van der Waals surface area contributed by atoms with Gasteiger partial charge in [0, 0.05) is 11.6 Å². The van der Waals surface area contributed by atoms with Crippen LogP contribution in [0.5, 0.6) is 0 Å². The molecule has 0 saturated carbocycles. The molecule has 2 rings (SSSR count). The van der Waals surface area contributed by atoms with Crippen LogP contribution in [0.15, 0.2) is 41.4 Å². The molecule has 19 heavy (non-hydrogen) atoms. The molecular weight excluding hydrogens is 306 g/mol. The van der Waals surface area contributed by atoms with Gasteiger partial charge in [-0.3, -0.25) is 4.18 Å². The highest BCUT2D eigenvalue weighted by atomic mass is 33.1. The zero-order valence-electron chi connectivity index (χ0n) is 10.3. The molecule has 0 aliphatic carbocycles. The first-order chi connectivity index (χ1) is 8.92. The van der Waals surface area contributed by atoms with E-state index in [0.717, 1.165) is 7.11 Å². The first-order valence-electron chi connectivity index (χ1n) is 5.08. The van der Waals surface area contributed by atoms with Gasteiger partial charge in [-0.05, 0) is 28.5 Å². The van der Waals surface area contributed by atoms with Gasteiger partial charge < -0.3 is 4.55 Å². The predicted octanol–water partition coefficient (Wildman–Crippen LogP) is 1.85.